The fourth-order valence-electron chi connectivity index (χ4n) is 2.33. The molecule has 2 aromatic rings. The third-order valence-electron chi connectivity index (χ3n) is 3.61. The van der Waals surface area contributed by atoms with Gasteiger partial charge in [-0.2, -0.15) is 0 Å². The van der Waals surface area contributed by atoms with E-state index in [1.807, 2.05) is 48.5 Å². The van der Waals surface area contributed by atoms with E-state index in [2.05, 4.69) is 15.6 Å². The van der Waals surface area contributed by atoms with Crippen molar-refractivity contribution in [2.75, 3.05) is 6.54 Å². The molecule has 2 amide bonds. The molecule has 2 rings (SSSR count). The topological polar surface area (TPSA) is 97.1 Å². The number of aromatic nitrogens is 1. The minimum absolute atomic E-state index is 0.145. The van der Waals surface area contributed by atoms with Crippen molar-refractivity contribution in [3.8, 4) is 0 Å². The summed E-state index contributed by atoms with van der Waals surface area (Å²) in [4.78, 5) is 28.0. The van der Waals surface area contributed by atoms with E-state index < -0.39 is 6.04 Å². The number of amides is 2. The molecule has 1 aromatic heterocycles. The van der Waals surface area contributed by atoms with Gasteiger partial charge in [-0.3, -0.25) is 14.6 Å². The highest BCUT2D eigenvalue weighted by molar-refractivity contribution is 5.88. The van der Waals surface area contributed by atoms with Crippen LogP contribution in [0.2, 0.25) is 0 Å². The van der Waals surface area contributed by atoms with Crippen LogP contribution >= 0.6 is 0 Å². The van der Waals surface area contributed by atoms with Crippen molar-refractivity contribution < 1.29 is 9.59 Å². The van der Waals surface area contributed by atoms with Crippen molar-refractivity contribution in [3.05, 3.63) is 66.0 Å². The predicted molar refractivity (Wildman–Crippen MR) is 91.9 cm³/mol. The zero-order valence-electron chi connectivity index (χ0n) is 13.6. The Kier molecular flexibility index (Phi) is 6.45. The van der Waals surface area contributed by atoms with Gasteiger partial charge >= 0.3 is 0 Å². The van der Waals surface area contributed by atoms with Crippen molar-refractivity contribution in [2.45, 2.75) is 25.4 Å². The Hall–Kier alpha value is -2.73. The highest BCUT2D eigenvalue weighted by atomic mass is 16.2. The molecule has 0 saturated heterocycles. The van der Waals surface area contributed by atoms with Crippen LogP contribution in [0, 0.1) is 0 Å². The van der Waals surface area contributed by atoms with E-state index in [4.69, 9.17) is 5.73 Å². The SMILES string of the molecule is C[C@H](NC(=O)CN)C(=O)NC(Cc1ccccn1)c1ccccc1. The van der Waals surface area contributed by atoms with E-state index in [-0.39, 0.29) is 24.4 Å². The summed E-state index contributed by atoms with van der Waals surface area (Å²) in [7, 11) is 0. The van der Waals surface area contributed by atoms with Gasteiger partial charge in [-0.15, -0.1) is 0 Å². The molecule has 1 unspecified atom stereocenters. The smallest absolute Gasteiger partial charge is 0.242 e. The molecule has 0 fully saturated rings. The molecule has 0 bridgehead atoms. The van der Waals surface area contributed by atoms with Gasteiger partial charge in [0.15, 0.2) is 0 Å². The van der Waals surface area contributed by atoms with Gasteiger partial charge in [0.2, 0.25) is 11.8 Å². The molecule has 0 aliphatic heterocycles. The largest absolute Gasteiger partial charge is 0.347 e. The van der Waals surface area contributed by atoms with E-state index in [1.165, 1.54) is 0 Å². The van der Waals surface area contributed by atoms with E-state index in [1.54, 1.807) is 13.1 Å². The first-order valence-corrected chi connectivity index (χ1v) is 7.85. The second-order valence-corrected chi connectivity index (χ2v) is 5.49. The molecule has 0 aliphatic carbocycles. The van der Waals surface area contributed by atoms with Crippen molar-refractivity contribution >= 4 is 11.8 Å². The Morgan fingerprint density at radius 2 is 1.79 bits per heavy atom. The number of hydrogen-bond donors (Lipinski definition) is 3. The molecule has 0 spiro atoms. The summed E-state index contributed by atoms with van der Waals surface area (Å²) in [5, 5.41) is 5.53. The zero-order chi connectivity index (χ0) is 17.4. The quantitative estimate of drug-likeness (QED) is 0.705. The number of nitrogens with zero attached hydrogens (tertiary/aromatic N) is 1. The van der Waals surface area contributed by atoms with E-state index in [0.717, 1.165) is 11.3 Å². The van der Waals surface area contributed by atoms with Crippen LogP contribution in [-0.2, 0) is 16.0 Å². The standard InChI is InChI=1S/C18H22N4O2/c1-13(21-17(23)12-19)18(24)22-16(14-7-3-2-4-8-14)11-15-9-5-6-10-20-15/h2-10,13,16H,11-12,19H2,1H3,(H,21,23)(H,22,24)/t13-,16?/m0/s1. The van der Waals surface area contributed by atoms with Gasteiger partial charge in [0.25, 0.3) is 0 Å². The second kappa shape index (κ2) is 8.79. The maximum Gasteiger partial charge on any atom is 0.242 e. The number of pyridine rings is 1. The Balaban J connectivity index is 2.11. The van der Waals surface area contributed by atoms with E-state index in [9.17, 15) is 9.59 Å². The van der Waals surface area contributed by atoms with Crippen molar-refractivity contribution in [1.82, 2.24) is 15.6 Å². The first kappa shape index (κ1) is 17.6. The first-order chi connectivity index (χ1) is 11.6. The highest BCUT2D eigenvalue weighted by Crippen LogP contribution is 2.17. The molecule has 4 N–H and O–H groups in total. The summed E-state index contributed by atoms with van der Waals surface area (Å²) >= 11 is 0. The Morgan fingerprint density at radius 3 is 2.42 bits per heavy atom. The van der Waals surface area contributed by atoms with Crippen molar-refractivity contribution in [2.24, 2.45) is 5.73 Å². The first-order valence-electron chi connectivity index (χ1n) is 7.85. The molecule has 6 heteroatoms. The van der Waals surface area contributed by atoms with Crippen LogP contribution in [0.25, 0.3) is 0 Å². The molecule has 0 radical (unpaired) electrons. The summed E-state index contributed by atoms with van der Waals surface area (Å²) in [6, 6.07) is 14.5. The summed E-state index contributed by atoms with van der Waals surface area (Å²) in [5.74, 6) is -0.625. The lowest BCUT2D eigenvalue weighted by molar-refractivity contribution is -0.128. The maximum atomic E-state index is 12.4. The second-order valence-electron chi connectivity index (χ2n) is 5.49. The molecule has 126 valence electrons. The lowest BCUT2D eigenvalue weighted by Gasteiger charge is -2.22. The van der Waals surface area contributed by atoms with Gasteiger partial charge in [-0.25, -0.2) is 0 Å². The van der Waals surface area contributed by atoms with E-state index >= 15 is 0 Å². The van der Waals surface area contributed by atoms with Crippen LogP contribution in [0.5, 0.6) is 0 Å². The lowest BCUT2D eigenvalue weighted by atomic mass is 10.0. The summed E-state index contributed by atoms with van der Waals surface area (Å²) < 4.78 is 0. The van der Waals surface area contributed by atoms with E-state index in [0.29, 0.717) is 6.42 Å². The number of rotatable bonds is 7. The molecule has 0 saturated carbocycles. The minimum Gasteiger partial charge on any atom is -0.347 e. The van der Waals surface area contributed by atoms with Crippen LogP contribution < -0.4 is 16.4 Å². The molecule has 0 aliphatic rings. The number of hydrogen-bond acceptors (Lipinski definition) is 4. The number of nitrogens with one attached hydrogen (secondary N) is 2. The van der Waals surface area contributed by atoms with Gasteiger partial charge in [0, 0.05) is 18.3 Å². The maximum absolute atomic E-state index is 12.4. The molecule has 1 heterocycles. The fourth-order valence-corrected chi connectivity index (χ4v) is 2.33. The highest BCUT2D eigenvalue weighted by Gasteiger charge is 2.20. The molecule has 1 aromatic carbocycles. The Labute approximate surface area is 141 Å². The van der Waals surface area contributed by atoms with Gasteiger partial charge < -0.3 is 16.4 Å². The number of carbonyl (C=O) groups is 2. The minimum atomic E-state index is -0.656. The summed E-state index contributed by atoms with van der Waals surface area (Å²) in [5.41, 5.74) is 7.12. The van der Waals surface area contributed by atoms with Gasteiger partial charge in [-0.1, -0.05) is 36.4 Å². The van der Waals surface area contributed by atoms with Crippen LogP contribution in [-0.4, -0.2) is 29.4 Å². The van der Waals surface area contributed by atoms with Gasteiger partial charge in [0.1, 0.15) is 6.04 Å². The third kappa shape index (κ3) is 5.17. The van der Waals surface area contributed by atoms with Crippen LogP contribution in [0.4, 0.5) is 0 Å². The number of benzene rings is 1. The predicted octanol–water partition coefficient (Wildman–Crippen LogP) is 0.945. The zero-order valence-corrected chi connectivity index (χ0v) is 13.6. The Morgan fingerprint density at radius 1 is 1.08 bits per heavy atom. The van der Waals surface area contributed by atoms with Crippen molar-refractivity contribution in [1.29, 1.82) is 0 Å². The van der Waals surface area contributed by atoms with Crippen molar-refractivity contribution in [3.63, 3.8) is 0 Å². The van der Waals surface area contributed by atoms with Crippen LogP contribution in [0.3, 0.4) is 0 Å². The Bertz CT molecular complexity index is 661. The third-order valence-corrected chi connectivity index (χ3v) is 3.61. The fraction of sp³-hybridized carbons (Fsp3) is 0.278. The normalized spacial score (nSPS) is 12.9. The molecule has 24 heavy (non-hydrogen) atoms. The lowest BCUT2D eigenvalue weighted by Crippen LogP contribution is -2.47. The van der Waals surface area contributed by atoms with Crippen LogP contribution in [0.15, 0.2) is 54.7 Å². The summed E-state index contributed by atoms with van der Waals surface area (Å²) in [6.07, 6.45) is 2.29. The number of nitrogens with two attached hydrogens (primary N) is 1. The molecular formula is C18H22N4O2. The molecular weight excluding hydrogens is 304 g/mol. The van der Waals surface area contributed by atoms with Gasteiger partial charge in [-0.05, 0) is 24.6 Å². The van der Waals surface area contributed by atoms with Crippen LogP contribution in [0.1, 0.15) is 24.2 Å². The molecule has 6 nitrogen and oxygen atoms in total. The molecule has 2 atom stereocenters. The van der Waals surface area contributed by atoms with Gasteiger partial charge in [0.05, 0.1) is 12.6 Å². The summed E-state index contributed by atoms with van der Waals surface area (Å²) in [6.45, 7) is 1.49. The average molecular weight is 326 g/mol. The average Bonchev–Trinajstić information content (AvgIpc) is 2.62. The monoisotopic (exact) mass is 326 g/mol. The number of carbonyl (C=O) groups excluding carboxylic acids is 2.